The molecule has 0 saturated carbocycles. The summed E-state index contributed by atoms with van der Waals surface area (Å²) in [5.74, 6) is 0.837. The fourth-order valence-electron chi connectivity index (χ4n) is 5.41. The molecule has 0 atom stereocenters. The van der Waals surface area contributed by atoms with Crippen LogP contribution in [-0.2, 0) is 27.8 Å². The van der Waals surface area contributed by atoms with E-state index >= 15 is 0 Å². The summed E-state index contributed by atoms with van der Waals surface area (Å²) >= 11 is 0. The number of aryl methyl sites for hydroxylation is 1. The molecule has 1 aromatic carbocycles. The van der Waals surface area contributed by atoms with Crippen LogP contribution in [0.3, 0.4) is 0 Å². The van der Waals surface area contributed by atoms with Gasteiger partial charge in [-0.1, -0.05) is 30.7 Å². The monoisotopic (exact) mass is 514 g/mol. The molecule has 36 heavy (non-hydrogen) atoms. The highest BCUT2D eigenvalue weighted by atomic mass is 32.2. The first kappa shape index (κ1) is 26.6. The van der Waals surface area contributed by atoms with Crippen LogP contribution in [0, 0.1) is 5.41 Å². The molecule has 1 N–H and O–H groups in total. The zero-order valence-electron chi connectivity index (χ0n) is 21.2. The summed E-state index contributed by atoms with van der Waals surface area (Å²) in [4.78, 5) is 21.2. The van der Waals surface area contributed by atoms with E-state index in [1.165, 1.54) is 11.1 Å². The Hall–Kier alpha value is -2.49. The Balaban J connectivity index is 1.47. The SMILES string of the molecule is CS(=O)(=O)NCC(=O)N1CCC2(CCCCc3ccccc3OCCN(Cc3cccnc3)C2)CC1. The number of nitrogens with zero attached hydrogens (tertiary/aromatic N) is 3. The van der Waals surface area contributed by atoms with Crippen LogP contribution in [0.15, 0.2) is 48.8 Å². The highest BCUT2D eigenvalue weighted by Crippen LogP contribution is 2.38. The third-order valence-electron chi connectivity index (χ3n) is 7.39. The molecule has 1 saturated heterocycles. The van der Waals surface area contributed by atoms with Crippen molar-refractivity contribution in [3.8, 4) is 5.75 Å². The van der Waals surface area contributed by atoms with Crippen molar-refractivity contribution < 1.29 is 17.9 Å². The summed E-state index contributed by atoms with van der Waals surface area (Å²) < 4.78 is 31.4. The number of hydrogen-bond donors (Lipinski definition) is 1. The molecule has 196 valence electrons. The molecule has 2 aliphatic rings. The predicted molar refractivity (Wildman–Crippen MR) is 140 cm³/mol. The average molecular weight is 515 g/mol. The predicted octanol–water partition coefficient (Wildman–Crippen LogP) is 2.85. The smallest absolute Gasteiger partial charge is 0.237 e. The van der Waals surface area contributed by atoms with Crippen LogP contribution in [-0.4, -0.2) is 74.7 Å². The maximum atomic E-state index is 12.6. The number of nitrogens with one attached hydrogen (secondary N) is 1. The van der Waals surface area contributed by atoms with Crippen LogP contribution in [0.4, 0.5) is 0 Å². The minimum Gasteiger partial charge on any atom is -0.492 e. The van der Waals surface area contributed by atoms with Crippen molar-refractivity contribution in [3.05, 3.63) is 59.9 Å². The van der Waals surface area contributed by atoms with Crippen LogP contribution in [0.5, 0.6) is 5.75 Å². The molecule has 8 nitrogen and oxygen atoms in total. The average Bonchev–Trinajstić information content (AvgIpc) is 2.86. The van der Waals surface area contributed by atoms with Gasteiger partial charge in [-0.2, -0.15) is 0 Å². The molecule has 0 bridgehead atoms. The van der Waals surface area contributed by atoms with E-state index in [1.54, 1.807) is 6.20 Å². The maximum absolute atomic E-state index is 12.6. The Morgan fingerprint density at radius 1 is 1.08 bits per heavy atom. The number of aromatic nitrogens is 1. The number of rotatable bonds is 5. The van der Waals surface area contributed by atoms with Gasteiger partial charge in [-0.25, -0.2) is 13.1 Å². The molecule has 9 heteroatoms. The number of carbonyl (C=O) groups excluding carboxylic acids is 1. The summed E-state index contributed by atoms with van der Waals surface area (Å²) in [7, 11) is -3.39. The van der Waals surface area contributed by atoms with Gasteiger partial charge < -0.3 is 9.64 Å². The van der Waals surface area contributed by atoms with E-state index in [2.05, 4.69) is 38.9 Å². The quantitative estimate of drug-likeness (QED) is 0.660. The summed E-state index contributed by atoms with van der Waals surface area (Å²) in [6.45, 7) is 4.32. The second-order valence-electron chi connectivity index (χ2n) is 10.2. The molecule has 4 rings (SSSR count). The number of piperidine rings is 1. The van der Waals surface area contributed by atoms with Gasteiger partial charge in [0.25, 0.3) is 0 Å². The number of fused-ring (bicyclic) bond motifs is 1. The normalized spacial score (nSPS) is 19.5. The van der Waals surface area contributed by atoms with Crippen molar-refractivity contribution in [2.24, 2.45) is 5.41 Å². The van der Waals surface area contributed by atoms with Crippen molar-refractivity contribution in [1.29, 1.82) is 0 Å². The minimum absolute atomic E-state index is 0.113. The standard InChI is InChI=1S/C27H38N4O4S/c1-36(33,34)29-20-26(32)31-15-12-27(13-16-31)11-5-4-9-24-8-2-3-10-25(24)35-18-17-30(22-27)21-23-7-6-14-28-19-23/h2-3,6-8,10,14,19,29H,4-5,9,11-13,15-18,20-22H2,1H3. The van der Waals surface area contributed by atoms with Gasteiger partial charge in [-0.05, 0) is 60.8 Å². The number of para-hydroxylation sites is 1. The maximum Gasteiger partial charge on any atom is 0.237 e. The Morgan fingerprint density at radius 2 is 1.89 bits per heavy atom. The fourth-order valence-corrected chi connectivity index (χ4v) is 5.80. The van der Waals surface area contributed by atoms with E-state index in [1.807, 2.05) is 23.2 Å². The molecule has 2 aromatic rings. The number of amides is 1. The number of carbonyl (C=O) groups is 1. The van der Waals surface area contributed by atoms with Crippen LogP contribution in [0.1, 0.15) is 43.2 Å². The fraction of sp³-hybridized carbons (Fsp3) is 0.556. The summed E-state index contributed by atoms with van der Waals surface area (Å²) in [5, 5.41) is 0. The number of likely N-dealkylation sites (tertiary alicyclic amines) is 1. The number of sulfonamides is 1. The molecular weight excluding hydrogens is 476 g/mol. The largest absolute Gasteiger partial charge is 0.492 e. The third-order valence-corrected chi connectivity index (χ3v) is 8.06. The number of pyridine rings is 1. The third kappa shape index (κ3) is 7.75. The van der Waals surface area contributed by atoms with E-state index in [4.69, 9.17) is 4.74 Å². The van der Waals surface area contributed by atoms with Crippen molar-refractivity contribution in [2.45, 2.75) is 45.1 Å². The van der Waals surface area contributed by atoms with Crippen molar-refractivity contribution >= 4 is 15.9 Å². The lowest BCUT2D eigenvalue weighted by atomic mass is 9.73. The van der Waals surface area contributed by atoms with E-state index in [9.17, 15) is 13.2 Å². The Morgan fingerprint density at radius 3 is 2.64 bits per heavy atom. The van der Waals surface area contributed by atoms with E-state index in [0.29, 0.717) is 19.7 Å². The first-order valence-electron chi connectivity index (χ1n) is 12.9. The van der Waals surface area contributed by atoms with Gasteiger partial charge in [0.2, 0.25) is 15.9 Å². The summed E-state index contributed by atoms with van der Waals surface area (Å²) in [5.41, 5.74) is 2.56. The van der Waals surface area contributed by atoms with Gasteiger partial charge in [0, 0.05) is 45.1 Å². The number of benzene rings is 1. The molecule has 0 radical (unpaired) electrons. The second-order valence-corrected chi connectivity index (χ2v) is 12.0. The van der Waals surface area contributed by atoms with Crippen molar-refractivity contribution in [1.82, 2.24) is 19.5 Å². The molecule has 1 amide bonds. The number of hydrogen-bond acceptors (Lipinski definition) is 6. The first-order valence-corrected chi connectivity index (χ1v) is 14.8. The van der Waals surface area contributed by atoms with Crippen molar-refractivity contribution in [3.63, 3.8) is 0 Å². The lowest BCUT2D eigenvalue weighted by Crippen LogP contribution is -2.50. The van der Waals surface area contributed by atoms with Gasteiger partial charge in [0.05, 0.1) is 12.8 Å². The zero-order valence-corrected chi connectivity index (χ0v) is 22.0. The summed E-state index contributed by atoms with van der Waals surface area (Å²) in [6, 6.07) is 12.4. The van der Waals surface area contributed by atoms with Crippen LogP contribution in [0.2, 0.25) is 0 Å². The lowest BCUT2D eigenvalue weighted by Gasteiger charge is -2.45. The van der Waals surface area contributed by atoms with Crippen LogP contribution in [0.25, 0.3) is 0 Å². The van der Waals surface area contributed by atoms with Crippen LogP contribution >= 0.6 is 0 Å². The molecule has 2 aliphatic heterocycles. The van der Waals surface area contributed by atoms with E-state index in [0.717, 1.165) is 70.2 Å². The number of ether oxygens (including phenoxy) is 1. The zero-order chi connectivity index (χ0) is 25.4. The van der Waals surface area contributed by atoms with Crippen LogP contribution < -0.4 is 9.46 Å². The van der Waals surface area contributed by atoms with E-state index < -0.39 is 10.0 Å². The van der Waals surface area contributed by atoms with Gasteiger partial charge in [-0.15, -0.1) is 0 Å². The Labute approximate surface area is 215 Å². The molecule has 0 aliphatic carbocycles. The molecule has 0 unspecified atom stereocenters. The Bertz CT molecular complexity index is 1100. The van der Waals surface area contributed by atoms with Gasteiger partial charge in [0.15, 0.2) is 0 Å². The minimum atomic E-state index is -3.39. The Kier molecular flexibility index (Phi) is 8.98. The second kappa shape index (κ2) is 12.2. The molecule has 3 heterocycles. The lowest BCUT2D eigenvalue weighted by molar-refractivity contribution is -0.132. The summed E-state index contributed by atoms with van der Waals surface area (Å²) in [6.07, 6.45) is 11.0. The first-order chi connectivity index (χ1) is 17.3. The molecule has 1 fully saturated rings. The molecule has 1 spiro atoms. The highest BCUT2D eigenvalue weighted by Gasteiger charge is 2.37. The van der Waals surface area contributed by atoms with E-state index in [-0.39, 0.29) is 17.9 Å². The highest BCUT2D eigenvalue weighted by molar-refractivity contribution is 7.88. The topological polar surface area (TPSA) is 91.8 Å². The van der Waals surface area contributed by atoms with Gasteiger partial charge >= 0.3 is 0 Å². The van der Waals surface area contributed by atoms with Gasteiger partial charge in [-0.3, -0.25) is 14.7 Å². The molecular formula is C27H38N4O4S. The molecule has 1 aromatic heterocycles. The van der Waals surface area contributed by atoms with Gasteiger partial charge in [0.1, 0.15) is 12.4 Å². The van der Waals surface area contributed by atoms with Crippen molar-refractivity contribution in [2.75, 3.05) is 45.6 Å².